The van der Waals surface area contributed by atoms with Gasteiger partial charge in [0.15, 0.2) is 5.96 Å². The van der Waals surface area contributed by atoms with Crippen LogP contribution in [0.4, 0.5) is 0 Å². The van der Waals surface area contributed by atoms with Gasteiger partial charge in [0, 0.05) is 56.7 Å². The molecule has 27 heavy (non-hydrogen) atoms. The number of imidazole rings is 1. The van der Waals surface area contributed by atoms with Crippen LogP contribution in [-0.4, -0.2) is 52.1 Å². The van der Waals surface area contributed by atoms with E-state index in [1.807, 2.05) is 19.6 Å². The molecule has 0 spiro atoms. The number of nitrogens with one attached hydrogen (secondary N) is 2. The maximum absolute atomic E-state index is 4.52. The number of hydrogen-bond acceptors (Lipinski definition) is 2. The van der Waals surface area contributed by atoms with Crippen molar-refractivity contribution in [3.63, 3.8) is 0 Å². The predicted molar refractivity (Wildman–Crippen MR) is 110 cm³/mol. The van der Waals surface area contributed by atoms with E-state index >= 15 is 0 Å². The highest BCUT2D eigenvalue weighted by Gasteiger charge is 2.28. The zero-order valence-corrected chi connectivity index (χ0v) is 16.1. The molecule has 2 N–H and O–H groups in total. The van der Waals surface area contributed by atoms with E-state index in [0.717, 1.165) is 38.4 Å². The predicted octanol–water partition coefficient (Wildman–Crippen LogP) is 3.07. The van der Waals surface area contributed by atoms with Crippen LogP contribution >= 0.6 is 0 Å². The highest BCUT2D eigenvalue weighted by Crippen LogP contribution is 2.27. The molecule has 2 aromatic heterocycles. The molecule has 3 heterocycles. The summed E-state index contributed by atoms with van der Waals surface area (Å²) in [5.41, 5.74) is 2.45. The molecular formula is C21H28N6. The average molecular weight is 364 g/mol. The highest BCUT2D eigenvalue weighted by molar-refractivity contribution is 5.81. The highest BCUT2D eigenvalue weighted by atomic mass is 15.3. The Labute approximate surface area is 160 Å². The fraction of sp³-hybridized carbons (Fsp3) is 0.429. The number of aromatic amines is 1. The summed E-state index contributed by atoms with van der Waals surface area (Å²) >= 11 is 0. The lowest BCUT2D eigenvalue weighted by Gasteiger charge is -2.39. The Balaban J connectivity index is 1.36. The summed E-state index contributed by atoms with van der Waals surface area (Å²) in [6.45, 7) is 5.19. The first-order chi connectivity index (χ1) is 13.2. The van der Waals surface area contributed by atoms with Gasteiger partial charge in [0.05, 0.1) is 12.4 Å². The third kappa shape index (κ3) is 3.84. The van der Waals surface area contributed by atoms with Crippen molar-refractivity contribution < 1.29 is 0 Å². The molecule has 0 aliphatic carbocycles. The van der Waals surface area contributed by atoms with E-state index in [0.29, 0.717) is 12.0 Å². The van der Waals surface area contributed by atoms with E-state index < -0.39 is 0 Å². The van der Waals surface area contributed by atoms with Crippen molar-refractivity contribution in [1.82, 2.24) is 24.8 Å². The first-order valence-corrected chi connectivity index (χ1v) is 9.74. The molecule has 6 nitrogen and oxygen atoms in total. The van der Waals surface area contributed by atoms with Gasteiger partial charge in [-0.25, -0.2) is 4.98 Å². The Morgan fingerprint density at radius 2 is 2.26 bits per heavy atom. The molecule has 142 valence electrons. The molecule has 0 amide bonds. The number of nitrogens with zero attached hydrogens (tertiary/aromatic N) is 4. The molecule has 1 fully saturated rings. The number of guanidine groups is 1. The number of aliphatic imine (C=N–C) groups is 1. The number of fused-ring (bicyclic) bond motifs is 1. The van der Waals surface area contributed by atoms with Crippen LogP contribution in [0.3, 0.4) is 0 Å². The summed E-state index contributed by atoms with van der Waals surface area (Å²) in [6, 6.07) is 11.1. The van der Waals surface area contributed by atoms with Gasteiger partial charge in [0.25, 0.3) is 0 Å². The zero-order valence-electron chi connectivity index (χ0n) is 16.1. The van der Waals surface area contributed by atoms with Gasteiger partial charge in [-0.3, -0.25) is 4.99 Å². The van der Waals surface area contributed by atoms with Gasteiger partial charge in [0.2, 0.25) is 0 Å². The van der Waals surface area contributed by atoms with Crippen molar-refractivity contribution in [3.8, 4) is 0 Å². The SMILES string of the molecule is CN=C(NCCc1cc2ccccc2[nH]1)N1CCC(C)C(n2ccnc2)C1. The Morgan fingerprint density at radius 3 is 3.04 bits per heavy atom. The molecule has 1 aliphatic heterocycles. The van der Waals surface area contributed by atoms with E-state index in [-0.39, 0.29) is 0 Å². The van der Waals surface area contributed by atoms with E-state index in [1.54, 1.807) is 0 Å². The van der Waals surface area contributed by atoms with Crippen LogP contribution in [-0.2, 0) is 6.42 Å². The molecule has 4 rings (SSSR count). The molecule has 0 saturated carbocycles. The summed E-state index contributed by atoms with van der Waals surface area (Å²) in [5.74, 6) is 1.63. The molecule has 2 unspecified atom stereocenters. The van der Waals surface area contributed by atoms with Gasteiger partial charge >= 0.3 is 0 Å². The van der Waals surface area contributed by atoms with Crippen molar-refractivity contribution in [2.24, 2.45) is 10.9 Å². The van der Waals surface area contributed by atoms with E-state index in [1.165, 1.54) is 16.6 Å². The summed E-state index contributed by atoms with van der Waals surface area (Å²) in [6.07, 6.45) is 7.96. The first kappa shape index (κ1) is 17.6. The number of likely N-dealkylation sites (tertiary alicyclic amines) is 1. The third-order valence-corrected chi connectivity index (χ3v) is 5.60. The lowest BCUT2D eigenvalue weighted by atomic mass is 9.93. The Bertz CT molecular complexity index is 861. The van der Waals surface area contributed by atoms with Gasteiger partial charge < -0.3 is 19.8 Å². The number of rotatable bonds is 4. The van der Waals surface area contributed by atoms with Crippen LogP contribution < -0.4 is 5.32 Å². The Hall–Kier alpha value is -2.76. The molecule has 0 bridgehead atoms. The molecule has 1 saturated heterocycles. The van der Waals surface area contributed by atoms with E-state index in [2.05, 4.69) is 73.2 Å². The average Bonchev–Trinajstić information content (AvgIpc) is 3.35. The first-order valence-electron chi connectivity index (χ1n) is 9.74. The quantitative estimate of drug-likeness (QED) is 0.552. The van der Waals surface area contributed by atoms with Crippen molar-refractivity contribution in [2.75, 3.05) is 26.7 Å². The largest absolute Gasteiger partial charge is 0.358 e. The smallest absolute Gasteiger partial charge is 0.193 e. The van der Waals surface area contributed by atoms with Crippen LogP contribution in [0.5, 0.6) is 0 Å². The summed E-state index contributed by atoms with van der Waals surface area (Å²) in [5, 5.41) is 4.81. The normalized spacial score (nSPS) is 21.0. The Kier molecular flexibility index (Phi) is 5.14. The van der Waals surface area contributed by atoms with E-state index in [4.69, 9.17) is 0 Å². The van der Waals surface area contributed by atoms with Crippen LogP contribution in [0.15, 0.2) is 54.0 Å². The van der Waals surface area contributed by atoms with Crippen LogP contribution in [0, 0.1) is 5.92 Å². The minimum Gasteiger partial charge on any atom is -0.358 e. The van der Waals surface area contributed by atoms with Crippen LogP contribution in [0.25, 0.3) is 10.9 Å². The standard InChI is InChI=1S/C21H28N6/c1-16-8-11-26(14-20(16)27-12-10-23-15-27)21(22-2)24-9-7-18-13-17-5-3-4-6-19(17)25-18/h3-6,10,12-13,15-16,20,25H,7-9,11,14H2,1-2H3,(H,22,24). The fourth-order valence-electron chi connectivity index (χ4n) is 4.00. The lowest BCUT2D eigenvalue weighted by molar-refractivity contribution is 0.189. The number of piperidine rings is 1. The van der Waals surface area contributed by atoms with Crippen molar-refractivity contribution in [2.45, 2.75) is 25.8 Å². The molecular weight excluding hydrogens is 336 g/mol. The second-order valence-corrected chi connectivity index (χ2v) is 7.40. The molecule has 2 atom stereocenters. The van der Waals surface area contributed by atoms with Crippen molar-refractivity contribution >= 4 is 16.9 Å². The number of H-pyrrole nitrogens is 1. The number of benzene rings is 1. The number of aromatic nitrogens is 3. The minimum absolute atomic E-state index is 0.438. The second kappa shape index (κ2) is 7.86. The summed E-state index contributed by atoms with van der Waals surface area (Å²) < 4.78 is 2.23. The van der Waals surface area contributed by atoms with E-state index in [9.17, 15) is 0 Å². The van der Waals surface area contributed by atoms with Gasteiger partial charge in [-0.15, -0.1) is 0 Å². The summed E-state index contributed by atoms with van der Waals surface area (Å²) in [7, 11) is 1.87. The number of para-hydroxylation sites is 1. The van der Waals surface area contributed by atoms with Crippen molar-refractivity contribution in [3.05, 3.63) is 54.7 Å². The summed E-state index contributed by atoms with van der Waals surface area (Å²) in [4.78, 5) is 14.6. The van der Waals surface area contributed by atoms with Gasteiger partial charge in [0.1, 0.15) is 0 Å². The number of hydrogen-bond donors (Lipinski definition) is 2. The minimum atomic E-state index is 0.438. The molecule has 1 aliphatic rings. The maximum atomic E-state index is 4.52. The van der Waals surface area contributed by atoms with Crippen LogP contribution in [0.2, 0.25) is 0 Å². The Morgan fingerprint density at radius 1 is 1.37 bits per heavy atom. The molecule has 0 radical (unpaired) electrons. The molecule has 1 aromatic carbocycles. The van der Waals surface area contributed by atoms with Gasteiger partial charge in [-0.05, 0) is 29.9 Å². The zero-order chi connectivity index (χ0) is 18.6. The topological polar surface area (TPSA) is 61.2 Å². The second-order valence-electron chi connectivity index (χ2n) is 7.40. The third-order valence-electron chi connectivity index (χ3n) is 5.60. The maximum Gasteiger partial charge on any atom is 0.193 e. The van der Waals surface area contributed by atoms with Crippen molar-refractivity contribution in [1.29, 1.82) is 0 Å². The molecule has 3 aromatic rings. The lowest BCUT2D eigenvalue weighted by Crippen LogP contribution is -2.49. The fourth-order valence-corrected chi connectivity index (χ4v) is 4.00. The van der Waals surface area contributed by atoms with Gasteiger partial charge in [-0.2, -0.15) is 0 Å². The molecule has 6 heteroatoms. The van der Waals surface area contributed by atoms with Crippen LogP contribution in [0.1, 0.15) is 25.1 Å². The monoisotopic (exact) mass is 364 g/mol. The van der Waals surface area contributed by atoms with Gasteiger partial charge in [-0.1, -0.05) is 25.1 Å².